The van der Waals surface area contributed by atoms with Crippen molar-refractivity contribution >= 4 is 0 Å². The van der Waals surface area contributed by atoms with E-state index in [4.69, 9.17) is 4.74 Å². The summed E-state index contributed by atoms with van der Waals surface area (Å²) in [6.45, 7) is 4.97. The first-order valence-electron chi connectivity index (χ1n) is 8.67. The molecule has 120 valence electrons. The molecule has 4 rings (SSSR count). The fourth-order valence-corrected chi connectivity index (χ4v) is 4.07. The minimum atomic E-state index is 0.321. The van der Waals surface area contributed by atoms with Crippen molar-refractivity contribution in [3.8, 4) is 0 Å². The lowest BCUT2D eigenvalue weighted by molar-refractivity contribution is 0.123. The molecule has 1 saturated heterocycles. The molecule has 3 heterocycles. The van der Waals surface area contributed by atoms with Crippen molar-refractivity contribution in [1.29, 1.82) is 0 Å². The van der Waals surface area contributed by atoms with Crippen molar-refractivity contribution in [2.75, 3.05) is 19.8 Å². The number of nitrogens with zero attached hydrogens (tertiary/aromatic N) is 2. The number of ether oxygens (including phenoxy) is 1. The SMILES string of the molecule is Cc1cc([C@@H]2c3ccccc3CCCN2[C@@H]2CCOC2)ccn1. The zero-order valence-corrected chi connectivity index (χ0v) is 13.7. The van der Waals surface area contributed by atoms with Crippen molar-refractivity contribution in [3.05, 3.63) is 65.0 Å². The number of benzene rings is 1. The predicted molar refractivity (Wildman–Crippen MR) is 91.5 cm³/mol. The summed E-state index contributed by atoms with van der Waals surface area (Å²) in [5, 5.41) is 0. The minimum Gasteiger partial charge on any atom is -0.380 e. The van der Waals surface area contributed by atoms with Crippen LogP contribution in [0.15, 0.2) is 42.6 Å². The number of pyridine rings is 1. The van der Waals surface area contributed by atoms with Gasteiger partial charge in [0, 0.05) is 24.5 Å². The molecule has 0 saturated carbocycles. The standard InChI is InChI=1S/C20H24N2O/c1-15-13-17(8-10-21-15)20-19-7-3-2-5-16(19)6-4-11-22(20)18-9-12-23-14-18/h2-3,5,7-8,10,13,18,20H,4,6,9,11-12,14H2,1H3/t18-,20-/m1/s1. The Balaban J connectivity index is 1.82. The lowest BCUT2D eigenvalue weighted by atomic mass is 9.92. The van der Waals surface area contributed by atoms with Gasteiger partial charge in [0.15, 0.2) is 0 Å². The molecule has 2 aliphatic heterocycles. The van der Waals surface area contributed by atoms with E-state index in [1.807, 2.05) is 6.20 Å². The lowest BCUT2D eigenvalue weighted by Crippen LogP contribution is -2.39. The summed E-state index contributed by atoms with van der Waals surface area (Å²) in [5.74, 6) is 0. The minimum absolute atomic E-state index is 0.321. The summed E-state index contributed by atoms with van der Waals surface area (Å²) in [6, 6.07) is 14.2. The van der Waals surface area contributed by atoms with Crippen LogP contribution in [0.3, 0.4) is 0 Å². The third-order valence-electron chi connectivity index (χ3n) is 5.15. The van der Waals surface area contributed by atoms with Crippen LogP contribution in [0.5, 0.6) is 0 Å². The van der Waals surface area contributed by atoms with Crippen molar-refractivity contribution < 1.29 is 4.74 Å². The van der Waals surface area contributed by atoms with E-state index >= 15 is 0 Å². The maximum absolute atomic E-state index is 5.69. The van der Waals surface area contributed by atoms with E-state index in [-0.39, 0.29) is 0 Å². The highest BCUT2D eigenvalue weighted by Crippen LogP contribution is 2.37. The quantitative estimate of drug-likeness (QED) is 0.849. The topological polar surface area (TPSA) is 25.4 Å². The first kappa shape index (κ1) is 14.9. The molecule has 2 aliphatic rings. The number of aryl methyl sites for hydroxylation is 2. The van der Waals surface area contributed by atoms with E-state index in [0.717, 1.165) is 31.9 Å². The van der Waals surface area contributed by atoms with Gasteiger partial charge in [-0.05, 0) is 61.6 Å². The van der Waals surface area contributed by atoms with Crippen LogP contribution >= 0.6 is 0 Å². The van der Waals surface area contributed by atoms with E-state index in [2.05, 4.69) is 53.2 Å². The molecular weight excluding hydrogens is 284 g/mol. The predicted octanol–water partition coefficient (Wildman–Crippen LogP) is 3.52. The molecule has 23 heavy (non-hydrogen) atoms. The molecule has 0 spiro atoms. The van der Waals surface area contributed by atoms with Crippen molar-refractivity contribution in [3.63, 3.8) is 0 Å². The Morgan fingerprint density at radius 1 is 1.22 bits per heavy atom. The summed E-state index contributed by atoms with van der Waals surface area (Å²) >= 11 is 0. The van der Waals surface area contributed by atoms with E-state index < -0.39 is 0 Å². The van der Waals surface area contributed by atoms with Crippen molar-refractivity contribution in [1.82, 2.24) is 9.88 Å². The molecular formula is C20H24N2O. The number of fused-ring (bicyclic) bond motifs is 1. The van der Waals surface area contributed by atoms with Crippen LogP contribution in [0.2, 0.25) is 0 Å². The molecule has 2 aromatic rings. The Kier molecular flexibility index (Phi) is 4.15. The van der Waals surface area contributed by atoms with E-state index in [1.54, 1.807) is 0 Å². The Hall–Kier alpha value is -1.71. The van der Waals surface area contributed by atoms with Gasteiger partial charge in [-0.3, -0.25) is 9.88 Å². The summed E-state index contributed by atoms with van der Waals surface area (Å²) in [4.78, 5) is 7.07. The second kappa shape index (κ2) is 6.42. The van der Waals surface area contributed by atoms with Gasteiger partial charge in [0.05, 0.1) is 12.6 Å². The molecule has 1 fully saturated rings. The zero-order chi connectivity index (χ0) is 15.6. The third kappa shape index (κ3) is 2.91. The van der Waals surface area contributed by atoms with E-state index in [9.17, 15) is 0 Å². The summed E-state index contributed by atoms with van der Waals surface area (Å²) in [6.07, 6.45) is 5.47. The van der Waals surface area contributed by atoms with Crippen LogP contribution in [-0.4, -0.2) is 35.7 Å². The maximum atomic E-state index is 5.69. The van der Waals surface area contributed by atoms with Gasteiger partial charge in [-0.1, -0.05) is 24.3 Å². The molecule has 3 nitrogen and oxygen atoms in total. The molecule has 0 bridgehead atoms. The fourth-order valence-electron chi connectivity index (χ4n) is 4.07. The zero-order valence-electron chi connectivity index (χ0n) is 13.7. The van der Waals surface area contributed by atoms with Crippen molar-refractivity contribution in [2.45, 2.75) is 38.3 Å². The molecule has 1 aromatic heterocycles. The number of rotatable bonds is 2. The van der Waals surface area contributed by atoms with E-state index in [0.29, 0.717) is 12.1 Å². The molecule has 1 aromatic carbocycles. The van der Waals surface area contributed by atoms with Crippen LogP contribution in [0.4, 0.5) is 0 Å². The average molecular weight is 308 g/mol. The second-order valence-corrected chi connectivity index (χ2v) is 6.69. The van der Waals surface area contributed by atoms with Gasteiger partial charge in [-0.15, -0.1) is 0 Å². The smallest absolute Gasteiger partial charge is 0.0623 e. The molecule has 2 atom stereocenters. The second-order valence-electron chi connectivity index (χ2n) is 6.69. The number of aromatic nitrogens is 1. The number of hydrogen-bond donors (Lipinski definition) is 0. The maximum Gasteiger partial charge on any atom is 0.0623 e. The van der Waals surface area contributed by atoms with Gasteiger partial charge in [0.2, 0.25) is 0 Å². The van der Waals surface area contributed by atoms with Gasteiger partial charge >= 0.3 is 0 Å². The summed E-state index contributed by atoms with van der Waals surface area (Å²) in [5.41, 5.74) is 5.40. The third-order valence-corrected chi connectivity index (χ3v) is 5.15. The van der Waals surface area contributed by atoms with Crippen LogP contribution in [0.25, 0.3) is 0 Å². The largest absolute Gasteiger partial charge is 0.380 e. The lowest BCUT2D eigenvalue weighted by Gasteiger charge is -2.35. The molecule has 0 radical (unpaired) electrons. The van der Waals surface area contributed by atoms with Crippen LogP contribution in [-0.2, 0) is 11.2 Å². The van der Waals surface area contributed by atoms with Crippen molar-refractivity contribution in [2.24, 2.45) is 0 Å². The normalized spacial score (nSPS) is 25.1. The van der Waals surface area contributed by atoms with Gasteiger partial charge in [-0.2, -0.15) is 0 Å². The van der Waals surface area contributed by atoms with Gasteiger partial charge in [0.25, 0.3) is 0 Å². The highest BCUT2D eigenvalue weighted by molar-refractivity contribution is 5.39. The highest BCUT2D eigenvalue weighted by atomic mass is 16.5. The molecule has 0 amide bonds. The monoisotopic (exact) mass is 308 g/mol. The first-order valence-corrected chi connectivity index (χ1v) is 8.67. The van der Waals surface area contributed by atoms with Gasteiger partial charge < -0.3 is 4.74 Å². The van der Waals surface area contributed by atoms with Gasteiger partial charge in [0.1, 0.15) is 0 Å². The Morgan fingerprint density at radius 2 is 2.13 bits per heavy atom. The average Bonchev–Trinajstić information content (AvgIpc) is 3.02. The molecule has 0 N–H and O–H groups in total. The van der Waals surface area contributed by atoms with Crippen LogP contribution in [0.1, 0.15) is 41.3 Å². The Labute approximate surface area is 138 Å². The summed E-state index contributed by atoms with van der Waals surface area (Å²) < 4.78 is 5.69. The molecule has 0 unspecified atom stereocenters. The molecule has 0 aliphatic carbocycles. The highest BCUT2D eigenvalue weighted by Gasteiger charge is 2.33. The van der Waals surface area contributed by atoms with Crippen LogP contribution in [0, 0.1) is 6.92 Å². The number of hydrogen-bond acceptors (Lipinski definition) is 3. The molecule has 3 heteroatoms. The Bertz CT molecular complexity index is 679. The fraction of sp³-hybridized carbons (Fsp3) is 0.450. The first-order chi connectivity index (χ1) is 11.3. The van der Waals surface area contributed by atoms with E-state index in [1.165, 1.54) is 29.5 Å². The van der Waals surface area contributed by atoms with Gasteiger partial charge in [-0.25, -0.2) is 0 Å². The summed E-state index contributed by atoms with van der Waals surface area (Å²) in [7, 11) is 0. The van der Waals surface area contributed by atoms with Crippen LogP contribution < -0.4 is 0 Å². The Morgan fingerprint density at radius 3 is 2.96 bits per heavy atom.